The van der Waals surface area contributed by atoms with Crippen molar-refractivity contribution in [3.8, 4) is 17.2 Å². The molecule has 0 saturated carbocycles. The van der Waals surface area contributed by atoms with E-state index in [-0.39, 0.29) is 17.2 Å². The number of carbonyl (C=O) groups is 1. The molecule has 10 heteroatoms. The van der Waals surface area contributed by atoms with E-state index in [1.165, 1.54) is 21.3 Å². The van der Waals surface area contributed by atoms with Gasteiger partial charge in [-0.05, 0) is 12.1 Å². The number of benzene rings is 1. The second kappa shape index (κ2) is 6.59. The summed E-state index contributed by atoms with van der Waals surface area (Å²) in [5.74, 6) is -6.85. The number of halogens is 4. The fourth-order valence-corrected chi connectivity index (χ4v) is 1.70. The second-order valence-corrected chi connectivity index (χ2v) is 4.36. The molecule has 1 aromatic rings. The Kier molecular flexibility index (Phi) is 5.43. The number of Topliss-reactive ketones (excluding diaryl/α,β-unsaturated/α-hetero) is 1. The molecule has 23 heavy (non-hydrogen) atoms. The van der Waals surface area contributed by atoms with E-state index in [2.05, 4.69) is 0 Å². The maximum atomic E-state index is 13.7. The summed E-state index contributed by atoms with van der Waals surface area (Å²) < 4.78 is 65.6. The van der Waals surface area contributed by atoms with Gasteiger partial charge < -0.3 is 24.4 Å². The molecule has 0 aliphatic heterocycles. The molecule has 0 aliphatic rings. The van der Waals surface area contributed by atoms with Crippen LogP contribution in [0.2, 0.25) is 0 Å². The maximum absolute atomic E-state index is 13.7. The first-order valence-corrected chi connectivity index (χ1v) is 6.01. The Morgan fingerprint density at radius 2 is 1.48 bits per heavy atom. The number of alkyl halides is 4. The quantitative estimate of drug-likeness (QED) is 0.463. The predicted octanol–water partition coefficient (Wildman–Crippen LogP) is 1.48. The van der Waals surface area contributed by atoms with Crippen LogP contribution in [0.1, 0.15) is 10.4 Å². The zero-order valence-electron chi connectivity index (χ0n) is 12.3. The lowest BCUT2D eigenvalue weighted by atomic mass is 9.99. The van der Waals surface area contributed by atoms with E-state index >= 15 is 0 Å². The highest BCUT2D eigenvalue weighted by atomic mass is 19.4. The first kappa shape index (κ1) is 19.0. The Morgan fingerprint density at radius 3 is 1.78 bits per heavy atom. The summed E-state index contributed by atoms with van der Waals surface area (Å²) in [6, 6.07) is 1.78. The van der Waals surface area contributed by atoms with Gasteiger partial charge >= 0.3 is 12.0 Å². The van der Waals surface area contributed by atoms with Crippen molar-refractivity contribution in [2.75, 3.05) is 21.3 Å². The van der Waals surface area contributed by atoms with Crippen LogP contribution in [0, 0.1) is 0 Å². The Bertz CT molecular complexity index is 559. The predicted molar refractivity (Wildman–Crippen MR) is 68.5 cm³/mol. The van der Waals surface area contributed by atoms with Crippen LogP contribution in [0.3, 0.4) is 0 Å². The summed E-state index contributed by atoms with van der Waals surface area (Å²) >= 11 is 0. The van der Waals surface area contributed by atoms with E-state index in [1.807, 2.05) is 0 Å². The Labute approximate surface area is 128 Å². The number of carbonyl (C=O) groups excluding carboxylic acids is 1. The molecule has 0 radical (unpaired) electrons. The van der Waals surface area contributed by atoms with Crippen molar-refractivity contribution < 1.29 is 46.8 Å². The Hall–Kier alpha value is -2.07. The van der Waals surface area contributed by atoms with Crippen molar-refractivity contribution in [2.45, 2.75) is 18.1 Å². The van der Waals surface area contributed by atoms with Gasteiger partial charge in [0.05, 0.1) is 21.3 Å². The van der Waals surface area contributed by atoms with Crippen LogP contribution < -0.4 is 14.2 Å². The largest absolute Gasteiger partial charge is 0.493 e. The highest BCUT2D eigenvalue weighted by molar-refractivity contribution is 6.01. The topological polar surface area (TPSA) is 85.2 Å². The molecule has 1 atom stereocenters. The zero-order valence-corrected chi connectivity index (χ0v) is 12.3. The van der Waals surface area contributed by atoms with E-state index in [4.69, 9.17) is 24.4 Å². The van der Waals surface area contributed by atoms with E-state index in [0.717, 1.165) is 12.1 Å². The van der Waals surface area contributed by atoms with Crippen LogP contribution in [0.4, 0.5) is 17.6 Å². The molecular weight excluding hydrogens is 328 g/mol. The van der Waals surface area contributed by atoms with Crippen LogP contribution in [0.15, 0.2) is 12.1 Å². The molecule has 1 rings (SSSR count). The minimum Gasteiger partial charge on any atom is -0.493 e. The molecule has 6 nitrogen and oxygen atoms in total. The van der Waals surface area contributed by atoms with Gasteiger partial charge in [-0.25, -0.2) is 4.39 Å². The molecule has 130 valence electrons. The lowest BCUT2D eigenvalue weighted by Gasteiger charge is -2.27. The number of hydrogen-bond donors (Lipinski definition) is 2. The fourth-order valence-electron chi connectivity index (χ4n) is 1.70. The number of ketones is 1. The van der Waals surface area contributed by atoms with E-state index < -0.39 is 29.5 Å². The summed E-state index contributed by atoms with van der Waals surface area (Å²) in [4.78, 5) is 11.8. The van der Waals surface area contributed by atoms with Crippen molar-refractivity contribution >= 4 is 5.78 Å². The third kappa shape index (κ3) is 3.48. The lowest BCUT2D eigenvalue weighted by Crippen LogP contribution is -2.55. The third-order valence-electron chi connectivity index (χ3n) is 2.95. The first-order valence-electron chi connectivity index (χ1n) is 6.01. The maximum Gasteiger partial charge on any atom is 0.446 e. The van der Waals surface area contributed by atoms with Crippen LogP contribution in [0.25, 0.3) is 0 Å². The van der Waals surface area contributed by atoms with Crippen LogP contribution in [0.5, 0.6) is 17.2 Å². The summed E-state index contributed by atoms with van der Waals surface area (Å²) in [7, 11) is 3.60. The first-order chi connectivity index (χ1) is 10.5. The van der Waals surface area contributed by atoms with Gasteiger partial charge in [0.2, 0.25) is 17.7 Å². The smallest absolute Gasteiger partial charge is 0.446 e. The van der Waals surface area contributed by atoms with Crippen LogP contribution in [-0.4, -0.2) is 55.5 Å². The van der Waals surface area contributed by atoms with Gasteiger partial charge in [-0.3, -0.25) is 4.79 Å². The lowest BCUT2D eigenvalue weighted by molar-refractivity contribution is -0.362. The highest BCUT2D eigenvalue weighted by Gasteiger charge is 2.61. The highest BCUT2D eigenvalue weighted by Crippen LogP contribution is 2.40. The fraction of sp³-hybridized carbons (Fsp3) is 0.462. The van der Waals surface area contributed by atoms with Gasteiger partial charge in [-0.1, -0.05) is 0 Å². The molecule has 1 aromatic carbocycles. The SMILES string of the molecule is COc1cc(C(=O)C(F)C(O)(O)C(F)(F)F)cc(OC)c1OC. The van der Waals surface area contributed by atoms with Gasteiger partial charge in [0, 0.05) is 5.56 Å². The molecule has 0 aromatic heterocycles. The van der Waals surface area contributed by atoms with Crippen molar-refractivity contribution in [1.82, 2.24) is 0 Å². The number of methoxy groups -OCH3 is 3. The number of rotatable bonds is 6. The summed E-state index contributed by atoms with van der Waals surface area (Å²) in [5.41, 5.74) is -0.622. The Balaban J connectivity index is 3.33. The molecule has 0 aliphatic carbocycles. The van der Waals surface area contributed by atoms with E-state index in [1.54, 1.807) is 0 Å². The summed E-state index contributed by atoms with van der Waals surface area (Å²) in [6.45, 7) is 0. The molecule has 0 amide bonds. The number of ether oxygens (including phenoxy) is 3. The average Bonchev–Trinajstić information content (AvgIpc) is 2.50. The van der Waals surface area contributed by atoms with Gasteiger partial charge in [0.15, 0.2) is 11.5 Å². The van der Waals surface area contributed by atoms with Crippen molar-refractivity contribution in [1.29, 1.82) is 0 Å². The molecular formula is C13H14F4O6. The van der Waals surface area contributed by atoms with Gasteiger partial charge in [-0.2, -0.15) is 13.2 Å². The third-order valence-corrected chi connectivity index (χ3v) is 2.95. The van der Waals surface area contributed by atoms with Crippen molar-refractivity contribution in [2.24, 2.45) is 0 Å². The normalized spacial score (nSPS) is 13.4. The van der Waals surface area contributed by atoms with E-state index in [9.17, 15) is 22.4 Å². The van der Waals surface area contributed by atoms with E-state index in [0.29, 0.717) is 0 Å². The second-order valence-electron chi connectivity index (χ2n) is 4.36. The van der Waals surface area contributed by atoms with Crippen LogP contribution >= 0.6 is 0 Å². The molecule has 0 bridgehead atoms. The monoisotopic (exact) mass is 342 g/mol. The molecule has 2 N–H and O–H groups in total. The minimum absolute atomic E-state index is 0.0250. The van der Waals surface area contributed by atoms with Gasteiger partial charge in [0.25, 0.3) is 0 Å². The molecule has 0 spiro atoms. The van der Waals surface area contributed by atoms with Gasteiger partial charge in [0.1, 0.15) is 0 Å². The minimum atomic E-state index is -5.76. The van der Waals surface area contributed by atoms with Crippen molar-refractivity contribution in [3.05, 3.63) is 17.7 Å². The molecule has 0 fully saturated rings. The molecule has 0 heterocycles. The summed E-state index contributed by atoms with van der Waals surface area (Å²) in [6.07, 6.45) is -9.42. The van der Waals surface area contributed by atoms with Crippen LogP contribution in [-0.2, 0) is 0 Å². The number of aliphatic hydroxyl groups is 2. The van der Waals surface area contributed by atoms with Crippen molar-refractivity contribution in [3.63, 3.8) is 0 Å². The Morgan fingerprint density at radius 1 is 1.04 bits per heavy atom. The standard InChI is InChI=1S/C13H14F4O6/c1-21-7-4-6(5-8(22-2)10(7)23-3)9(18)11(14)12(19,20)13(15,16)17/h4-5,11,19-20H,1-3H3. The van der Waals surface area contributed by atoms with Gasteiger partial charge in [-0.15, -0.1) is 0 Å². The number of hydrogen-bond acceptors (Lipinski definition) is 6. The average molecular weight is 342 g/mol. The molecule has 1 unspecified atom stereocenters. The zero-order chi connectivity index (χ0) is 18.0. The summed E-state index contributed by atoms with van der Waals surface area (Å²) in [5, 5.41) is 17.7. The molecule has 0 saturated heterocycles.